The van der Waals surface area contributed by atoms with E-state index in [4.69, 9.17) is 9.47 Å². The fourth-order valence-electron chi connectivity index (χ4n) is 3.82. The van der Waals surface area contributed by atoms with Gasteiger partial charge in [0.15, 0.2) is 5.65 Å². The number of ether oxygens (including phenoxy) is 2. The second-order valence-electron chi connectivity index (χ2n) is 7.96. The highest BCUT2D eigenvalue weighted by Crippen LogP contribution is 2.26. The Hall–Kier alpha value is -4.99. The van der Waals surface area contributed by atoms with E-state index in [1.807, 2.05) is 24.3 Å². The third-order valence-corrected chi connectivity index (χ3v) is 5.65. The van der Waals surface area contributed by atoms with Gasteiger partial charge in [-0.1, -0.05) is 12.1 Å². The van der Waals surface area contributed by atoms with Crippen LogP contribution in [0.25, 0.3) is 22.3 Å². The molecular weight excluding hydrogens is 460 g/mol. The quantitative estimate of drug-likeness (QED) is 0.364. The number of aromatic nitrogens is 5. The van der Waals surface area contributed by atoms with Gasteiger partial charge < -0.3 is 14.8 Å². The van der Waals surface area contributed by atoms with Crippen LogP contribution in [-0.2, 0) is 6.54 Å². The molecular formula is C26H22N6O4. The molecule has 0 atom stereocenters. The number of anilines is 1. The average molecular weight is 483 g/mol. The van der Waals surface area contributed by atoms with Gasteiger partial charge >= 0.3 is 0 Å². The first-order valence-corrected chi connectivity index (χ1v) is 11.0. The molecule has 10 heteroatoms. The van der Waals surface area contributed by atoms with Crippen LogP contribution in [0, 0.1) is 0 Å². The number of hydrogen-bond donors (Lipinski definition) is 2. The maximum Gasteiger partial charge on any atom is 0.264 e. The van der Waals surface area contributed by atoms with Gasteiger partial charge in [0.2, 0.25) is 0 Å². The number of benzene rings is 2. The molecule has 0 spiro atoms. The van der Waals surface area contributed by atoms with Crippen molar-refractivity contribution in [3.63, 3.8) is 0 Å². The van der Waals surface area contributed by atoms with E-state index in [9.17, 15) is 9.59 Å². The van der Waals surface area contributed by atoms with Gasteiger partial charge in [0.05, 0.1) is 38.2 Å². The van der Waals surface area contributed by atoms with Crippen LogP contribution in [0.15, 0.2) is 77.9 Å². The lowest BCUT2D eigenvalue weighted by molar-refractivity contribution is 0.102. The lowest BCUT2D eigenvalue weighted by Gasteiger charge is -2.11. The molecule has 0 saturated heterocycles. The molecule has 5 rings (SSSR count). The Kier molecular flexibility index (Phi) is 6.14. The molecule has 36 heavy (non-hydrogen) atoms. The fraction of sp³-hybridized carbons (Fsp3) is 0.115. The number of pyridine rings is 1. The fourth-order valence-corrected chi connectivity index (χ4v) is 3.82. The molecule has 0 saturated carbocycles. The summed E-state index contributed by atoms with van der Waals surface area (Å²) in [5.74, 6) is 1.09. The minimum absolute atomic E-state index is 0.280. The number of amides is 1. The van der Waals surface area contributed by atoms with Crippen LogP contribution in [-0.4, -0.2) is 45.1 Å². The second-order valence-corrected chi connectivity index (χ2v) is 7.96. The molecule has 0 radical (unpaired) electrons. The number of hydrogen-bond acceptors (Lipinski definition) is 7. The first-order valence-electron chi connectivity index (χ1n) is 11.0. The second kappa shape index (κ2) is 9.71. The van der Waals surface area contributed by atoms with E-state index in [2.05, 4.69) is 25.6 Å². The van der Waals surface area contributed by atoms with Crippen LogP contribution in [0.3, 0.4) is 0 Å². The first kappa shape index (κ1) is 22.8. The molecule has 2 N–H and O–H groups in total. The third kappa shape index (κ3) is 4.64. The molecule has 3 heterocycles. The number of rotatable bonds is 7. The van der Waals surface area contributed by atoms with Gasteiger partial charge in [0, 0.05) is 40.5 Å². The molecule has 0 fully saturated rings. The van der Waals surface area contributed by atoms with Crippen molar-refractivity contribution >= 4 is 22.6 Å². The van der Waals surface area contributed by atoms with Crippen LogP contribution in [0.4, 0.5) is 5.69 Å². The number of carbonyl (C=O) groups is 1. The van der Waals surface area contributed by atoms with Crippen molar-refractivity contribution in [2.75, 3.05) is 19.5 Å². The molecule has 3 aromatic heterocycles. The summed E-state index contributed by atoms with van der Waals surface area (Å²) in [7, 11) is 3.21. The Balaban J connectivity index is 1.35. The summed E-state index contributed by atoms with van der Waals surface area (Å²) >= 11 is 0. The Labute approximate surface area is 205 Å². The van der Waals surface area contributed by atoms with E-state index < -0.39 is 0 Å². The first-order chi connectivity index (χ1) is 17.5. The molecule has 1 amide bonds. The van der Waals surface area contributed by atoms with Crippen LogP contribution >= 0.6 is 0 Å². The number of methoxy groups -OCH3 is 2. The smallest absolute Gasteiger partial charge is 0.264 e. The highest BCUT2D eigenvalue weighted by atomic mass is 16.5. The van der Waals surface area contributed by atoms with Crippen LogP contribution in [0.5, 0.6) is 11.5 Å². The summed E-state index contributed by atoms with van der Waals surface area (Å²) in [6.45, 7) is 0.445. The molecule has 2 aromatic carbocycles. The van der Waals surface area contributed by atoms with Crippen molar-refractivity contribution in [3.05, 3.63) is 94.5 Å². The molecule has 0 bridgehead atoms. The molecule has 0 aliphatic heterocycles. The Morgan fingerprint density at radius 3 is 2.69 bits per heavy atom. The lowest BCUT2D eigenvalue weighted by atomic mass is 10.1. The third-order valence-electron chi connectivity index (χ3n) is 5.65. The summed E-state index contributed by atoms with van der Waals surface area (Å²) in [6.07, 6.45) is 3.20. The molecule has 180 valence electrons. The minimum atomic E-state index is -0.305. The number of fused-ring (bicyclic) bond motifs is 1. The van der Waals surface area contributed by atoms with Crippen molar-refractivity contribution in [2.45, 2.75) is 6.54 Å². The average Bonchev–Trinajstić information content (AvgIpc) is 3.31. The zero-order valence-corrected chi connectivity index (χ0v) is 19.6. The van der Waals surface area contributed by atoms with E-state index in [1.54, 1.807) is 55.4 Å². The Morgan fingerprint density at radius 1 is 1.03 bits per heavy atom. The summed E-state index contributed by atoms with van der Waals surface area (Å²) in [5.41, 5.74) is 3.63. The summed E-state index contributed by atoms with van der Waals surface area (Å²) < 4.78 is 12.5. The topological polar surface area (TPSA) is 124 Å². The maximum atomic E-state index is 12.9. The highest BCUT2D eigenvalue weighted by Gasteiger charge is 2.13. The van der Waals surface area contributed by atoms with Gasteiger partial charge in [-0.2, -0.15) is 10.2 Å². The van der Waals surface area contributed by atoms with Crippen LogP contribution < -0.4 is 20.3 Å². The molecule has 0 aliphatic rings. The summed E-state index contributed by atoms with van der Waals surface area (Å²) in [4.78, 5) is 28.7. The van der Waals surface area contributed by atoms with Crippen molar-refractivity contribution in [1.29, 1.82) is 0 Å². The van der Waals surface area contributed by atoms with Crippen molar-refractivity contribution < 1.29 is 14.3 Å². The van der Waals surface area contributed by atoms with Gasteiger partial charge in [-0.05, 0) is 36.4 Å². The van der Waals surface area contributed by atoms with E-state index >= 15 is 0 Å². The van der Waals surface area contributed by atoms with Gasteiger partial charge in [0.1, 0.15) is 11.5 Å². The predicted octanol–water partition coefficient (Wildman–Crippen LogP) is 3.50. The number of H-pyrrole nitrogens is 1. The molecule has 0 aliphatic carbocycles. The van der Waals surface area contributed by atoms with E-state index in [0.717, 1.165) is 16.5 Å². The monoisotopic (exact) mass is 482 g/mol. The normalized spacial score (nSPS) is 10.8. The van der Waals surface area contributed by atoms with E-state index in [1.165, 1.54) is 12.3 Å². The van der Waals surface area contributed by atoms with Crippen LogP contribution in [0.2, 0.25) is 0 Å². The van der Waals surface area contributed by atoms with Crippen molar-refractivity contribution in [2.24, 2.45) is 0 Å². The number of nitrogens with one attached hydrogen (secondary N) is 2. The zero-order chi connectivity index (χ0) is 25.1. The van der Waals surface area contributed by atoms with E-state index in [-0.39, 0.29) is 11.5 Å². The number of nitrogens with zero attached hydrogens (tertiary/aromatic N) is 4. The van der Waals surface area contributed by atoms with E-state index in [0.29, 0.717) is 40.6 Å². The van der Waals surface area contributed by atoms with Gasteiger partial charge in [-0.25, -0.2) is 14.8 Å². The molecule has 0 unspecified atom stereocenters. The predicted molar refractivity (Wildman–Crippen MR) is 134 cm³/mol. The summed E-state index contributed by atoms with van der Waals surface area (Å²) in [5, 5.41) is 14.5. The van der Waals surface area contributed by atoms with Crippen LogP contribution in [0.1, 0.15) is 15.9 Å². The standard InChI is InChI=1S/C26H22N6O4/c1-35-21-7-6-17(23(12-21)36-2)15-32-25-18(14-28-32)10-19(13-27-25)26(34)29-20-5-3-4-16(11-20)22-8-9-24(33)31-30-22/h3-14H,15H2,1-2H3,(H,29,34)(H,31,33). The lowest BCUT2D eigenvalue weighted by Crippen LogP contribution is -2.12. The molecule has 5 aromatic rings. The SMILES string of the molecule is COc1ccc(Cn2ncc3cc(C(=O)Nc4cccc(-c5ccc(=O)[nH]n5)c4)cnc32)c(OC)c1. The largest absolute Gasteiger partial charge is 0.497 e. The number of carbonyl (C=O) groups excluding carboxylic acids is 1. The van der Waals surface area contributed by atoms with Crippen molar-refractivity contribution in [3.8, 4) is 22.8 Å². The highest BCUT2D eigenvalue weighted by molar-refractivity contribution is 6.05. The zero-order valence-electron chi connectivity index (χ0n) is 19.6. The number of aromatic amines is 1. The van der Waals surface area contributed by atoms with Gasteiger partial charge in [-0.3, -0.25) is 9.59 Å². The maximum absolute atomic E-state index is 12.9. The van der Waals surface area contributed by atoms with Gasteiger partial charge in [-0.15, -0.1) is 0 Å². The van der Waals surface area contributed by atoms with Gasteiger partial charge in [0.25, 0.3) is 11.5 Å². The summed E-state index contributed by atoms with van der Waals surface area (Å²) in [6, 6.07) is 17.6. The minimum Gasteiger partial charge on any atom is -0.497 e. The molecule has 10 nitrogen and oxygen atoms in total. The Bertz CT molecular complexity index is 1600. The van der Waals surface area contributed by atoms with Crippen molar-refractivity contribution in [1.82, 2.24) is 25.0 Å². The Morgan fingerprint density at radius 2 is 1.92 bits per heavy atom.